The minimum absolute atomic E-state index is 0.161. The van der Waals surface area contributed by atoms with E-state index in [1.165, 1.54) is 21.3 Å². The monoisotopic (exact) mass is 317 g/mol. The van der Waals surface area contributed by atoms with Crippen LogP contribution < -0.4 is 19.5 Å². The molecule has 0 aliphatic heterocycles. The molecule has 0 aliphatic rings. The molecular weight excluding hydrogens is 298 g/mol. The first-order chi connectivity index (χ1) is 11.1. The quantitative estimate of drug-likeness (QED) is 0.856. The van der Waals surface area contributed by atoms with Gasteiger partial charge in [-0.05, 0) is 18.2 Å². The van der Waals surface area contributed by atoms with E-state index in [9.17, 15) is 9.90 Å². The topological polar surface area (TPSA) is 77.0 Å². The number of benzene rings is 2. The van der Waals surface area contributed by atoms with Crippen molar-refractivity contribution in [2.24, 2.45) is 0 Å². The summed E-state index contributed by atoms with van der Waals surface area (Å²) >= 11 is 0. The molecule has 0 saturated carbocycles. The number of hydrogen-bond donors (Lipinski definition) is 2. The number of amides is 1. The number of rotatable bonds is 6. The van der Waals surface area contributed by atoms with Gasteiger partial charge in [-0.15, -0.1) is 0 Å². The zero-order valence-electron chi connectivity index (χ0n) is 13.3. The highest BCUT2D eigenvalue weighted by Gasteiger charge is 2.17. The van der Waals surface area contributed by atoms with Crippen LogP contribution in [0.5, 0.6) is 17.2 Å². The molecule has 2 N–H and O–H groups in total. The normalized spacial score (nSPS) is 10.1. The lowest BCUT2D eigenvalue weighted by atomic mass is 10.1. The summed E-state index contributed by atoms with van der Waals surface area (Å²) in [4.78, 5) is 12.5. The first-order valence-corrected chi connectivity index (χ1v) is 6.94. The predicted molar refractivity (Wildman–Crippen MR) is 86.4 cm³/mol. The Labute approximate surface area is 134 Å². The molecule has 0 spiro atoms. The van der Waals surface area contributed by atoms with Crippen LogP contribution in [-0.2, 0) is 6.61 Å². The SMILES string of the molecule is COc1cc(C(=O)Nc2ccccc2CO)cc(OC)c1OC. The number of carbonyl (C=O) groups excluding carboxylic acids is 1. The third kappa shape index (κ3) is 3.54. The van der Waals surface area contributed by atoms with Gasteiger partial charge in [-0.25, -0.2) is 0 Å². The van der Waals surface area contributed by atoms with Crippen LogP contribution in [0.25, 0.3) is 0 Å². The molecule has 0 aliphatic carbocycles. The van der Waals surface area contributed by atoms with E-state index in [1.807, 2.05) is 0 Å². The maximum atomic E-state index is 12.5. The minimum Gasteiger partial charge on any atom is -0.493 e. The summed E-state index contributed by atoms with van der Waals surface area (Å²) in [6.07, 6.45) is 0. The Morgan fingerprint density at radius 3 is 2.17 bits per heavy atom. The highest BCUT2D eigenvalue weighted by atomic mass is 16.5. The smallest absolute Gasteiger partial charge is 0.255 e. The van der Waals surface area contributed by atoms with Gasteiger partial charge in [-0.3, -0.25) is 4.79 Å². The van der Waals surface area contributed by atoms with E-state index in [0.717, 1.165) is 0 Å². The van der Waals surface area contributed by atoms with E-state index >= 15 is 0 Å². The number of ether oxygens (including phenoxy) is 3. The highest BCUT2D eigenvalue weighted by Crippen LogP contribution is 2.38. The average Bonchev–Trinajstić information content (AvgIpc) is 2.60. The van der Waals surface area contributed by atoms with Crippen molar-refractivity contribution in [3.8, 4) is 17.2 Å². The van der Waals surface area contributed by atoms with Gasteiger partial charge in [0, 0.05) is 16.8 Å². The summed E-state index contributed by atoms with van der Waals surface area (Å²) in [5, 5.41) is 12.1. The molecular formula is C17H19NO5. The van der Waals surface area contributed by atoms with Crippen molar-refractivity contribution in [3.05, 3.63) is 47.5 Å². The van der Waals surface area contributed by atoms with Crippen LogP contribution in [0.1, 0.15) is 15.9 Å². The predicted octanol–water partition coefficient (Wildman–Crippen LogP) is 2.46. The molecule has 0 fully saturated rings. The van der Waals surface area contributed by atoms with Gasteiger partial charge >= 0.3 is 0 Å². The number of para-hydroxylation sites is 1. The Kier molecular flexibility index (Phi) is 5.43. The van der Waals surface area contributed by atoms with Gasteiger partial charge in [0.05, 0.1) is 27.9 Å². The second-order valence-corrected chi connectivity index (χ2v) is 4.68. The Morgan fingerprint density at radius 1 is 1.04 bits per heavy atom. The molecule has 2 rings (SSSR count). The fourth-order valence-corrected chi connectivity index (χ4v) is 2.19. The summed E-state index contributed by atoms with van der Waals surface area (Å²) in [6.45, 7) is -0.161. The molecule has 0 atom stereocenters. The Bertz CT molecular complexity index is 674. The molecule has 0 bridgehead atoms. The molecule has 0 unspecified atom stereocenters. The largest absolute Gasteiger partial charge is 0.493 e. The summed E-state index contributed by atoms with van der Waals surface area (Å²) < 4.78 is 15.7. The molecule has 23 heavy (non-hydrogen) atoms. The van der Waals surface area contributed by atoms with Crippen LogP contribution in [-0.4, -0.2) is 32.3 Å². The van der Waals surface area contributed by atoms with E-state index in [0.29, 0.717) is 34.1 Å². The zero-order valence-corrected chi connectivity index (χ0v) is 13.3. The molecule has 2 aromatic rings. The van der Waals surface area contributed by atoms with Crippen molar-refractivity contribution in [1.82, 2.24) is 0 Å². The van der Waals surface area contributed by atoms with Gasteiger partial charge in [-0.2, -0.15) is 0 Å². The fourth-order valence-electron chi connectivity index (χ4n) is 2.19. The molecule has 122 valence electrons. The zero-order chi connectivity index (χ0) is 16.8. The second-order valence-electron chi connectivity index (χ2n) is 4.68. The maximum Gasteiger partial charge on any atom is 0.255 e. The third-order valence-corrected chi connectivity index (χ3v) is 3.36. The van der Waals surface area contributed by atoms with Crippen LogP contribution in [0, 0.1) is 0 Å². The standard InChI is InChI=1S/C17H19NO5/c1-21-14-8-12(9-15(22-2)16(14)23-3)17(20)18-13-7-5-4-6-11(13)10-19/h4-9,19H,10H2,1-3H3,(H,18,20). The summed E-state index contributed by atoms with van der Waals surface area (Å²) in [5.74, 6) is 0.868. The van der Waals surface area contributed by atoms with E-state index in [-0.39, 0.29) is 12.5 Å². The third-order valence-electron chi connectivity index (χ3n) is 3.36. The number of aliphatic hydroxyl groups excluding tert-OH is 1. The molecule has 0 radical (unpaired) electrons. The van der Waals surface area contributed by atoms with E-state index in [1.54, 1.807) is 36.4 Å². The van der Waals surface area contributed by atoms with E-state index in [2.05, 4.69) is 5.32 Å². The van der Waals surface area contributed by atoms with E-state index < -0.39 is 0 Å². The van der Waals surface area contributed by atoms with Crippen LogP contribution >= 0.6 is 0 Å². The number of nitrogens with one attached hydrogen (secondary N) is 1. The molecule has 1 amide bonds. The second kappa shape index (κ2) is 7.51. The Hall–Kier alpha value is -2.73. The van der Waals surface area contributed by atoms with E-state index in [4.69, 9.17) is 14.2 Å². The molecule has 6 heteroatoms. The molecule has 0 heterocycles. The molecule has 6 nitrogen and oxygen atoms in total. The lowest BCUT2D eigenvalue weighted by Crippen LogP contribution is -2.14. The lowest BCUT2D eigenvalue weighted by Gasteiger charge is -2.14. The van der Waals surface area contributed by atoms with Gasteiger partial charge in [0.25, 0.3) is 5.91 Å². The molecule has 0 saturated heterocycles. The first-order valence-electron chi connectivity index (χ1n) is 6.94. The van der Waals surface area contributed by atoms with Crippen LogP contribution in [0.4, 0.5) is 5.69 Å². The molecule has 2 aromatic carbocycles. The van der Waals surface area contributed by atoms with Crippen molar-refractivity contribution in [3.63, 3.8) is 0 Å². The van der Waals surface area contributed by atoms with Crippen molar-refractivity contribution in [1.29, 1.82) is 0 Å². The number of hydrogen-bond acceptors (Lipinski definition) is 5. The van der Waals surface area contributed by atoms with Crippen LogP contribution in [0.2, 0.25) is 0 Å². The van der Waals surface area contributed by atoms with Gasteiger partial charge in [0.15, 0.2) is 11.5 Å². The van der Waals surface area contributed by atoms with Gasteiger partial charge < -0.3 is 24.6 Å². The Morgan fingerprint density at radius 2 is 1.65 bits per heavy atom. The summed E-state index contributed by atoms with van der Waals surface area (Å²) in [7, 11) is 4.47. The maximum absolute atomic E-state index is 12.5. The van der Waals surface area contributed by atoms with Gasteiger partial charge in [0.2, 0.25) is 5.75 Å². The summed E-state index contributed by atoms with van der Waals surface area (Å²) in [5.41, 5.74) is 1.54. The van der Waals surface area contributed by atoms with Crippen molar-refractivity contribution >= 4 is 11.6 Å². The average molecular weight is 317 g/mol. The Balaban J connectivity index is 2.36. The lowest BCUT2D eigenvalue weighted by molar-refractivity contribution is 0.102. The van der Waals surface area contributed by atoms with Crippen molar-refractivity contribution < 1.29 is 24.1 Å². The number of aliphatic hydroxyl groups is 1. The minimum atomic E-state index is -0.342. The number of carbonyl (C=O) groups is 1. The fraction of sp³-hybridized carbons (Fsp3) is 0.235. The van der Waals surface area contributed by atoms with Crippen molar-refractivity contribution in [2.75, 3.05) is 26.6 Å². The van der Waals surface area contributed by atoms with Gasteiger partial charge in [-0.1, -0.05) is 18.2 Å². The van der Waals surface area contributed by atoms with Gasteiger partial charge in [0.1, 0.15) is 0 Å². The number of methoxy groups -OCH3 is 3. The summed E-state index contributed by atoms with van der Waals surface area (Å²) in [6, 6.07) is 10.2. The highest BCUT2D eigenvalue weighted by molar-refractivity contribution is 6.05. The van der Waals surface area contributed by atoms with Crippen LogP contribution in [0.3, 0.4) is 0 Å². The first kappa shape index (κ1) is 16.6. The van der Waals surface area contributed by atoms with Crippen molar-refractivity contribution in [2.45, 2.75) is 6.61 Å². The van der Waals surface area contributed by atoms with Crippen LogP contribution in [0.15, 0.2) is 36.4 Å². The number of anilines is 1. The molecule has 0 aromatic heterocycles.